The van der Waals surface area contributed by atoms with Gasteiger partial charge in [0.1, 0.15) is 10.6 Å². The summed E-state index contributed by atoms with van der Waals surface area (Å²) in [6.07, 6.45) is 6.70. The smallest absolute Gasteiger partial charge is 0.253 e. The largest absolute Gasteiger partial charge is 0.495 e. The molecule has 2 heterocycles. The Bertz CT molecular complexity index is 887. The number of benzene rings is 1. The van der Waals surface area contributed by atoms with E-state index in [4.69, 9.17) is 9.47 Å². The third kappa shape index (κ3) is 5.27. The van der Waals surface area contributed by atoms with Gasteiger partial charge >= 0.3 is 0 Å². The average molecular weight is 466 g/mol. The fourth-order valence-corrected chi connectivity index (χ4v) is 6.58. The maximum Gasteiger partial charge on any atom is 0.253 e. The minimum absolute atomic E-state index is 0.0451. The van der Waals surface area contributed by atoms with E-state index in [0.717, 1.165) is 25.6 Å². The Morgan fingerprint density at radius 2 is 1.72 bits per heavy atom. The molecule has 4 rings (SSSR count). The third-order valence-corrected chi connectivity index (χ3v) is 8.82. The Morgan fingerprint density at radius 1 is 1.03 bits per heavy atom. The zero-order valence-electron chi connectivity index (χ0n) is 19.0. The molecule has 0 N–H and O–H groups in total. The van der Waals surface area contributed by atoms with Crippen molar-refractivity contribution in [3.8, 4) is 5.75 Å². The average Bonchev–Trinajstić information content (AvgIpc) is 2.85. The standard InChI is InChI=1S/C23H35N3O5S/c1-30-21-8-7-20(17-22(21)32(28,29)26-13-15-31-16-14-26)23(27)25-11-9-24(10-12-25)18-19-5-3-2-4-6-19/h7-8,17,19H,2-6,9-16,18H2,1H3. The van der Waals surface area contributed by atoms with Crippen molar-refractivity contribution in [2.75, 3.05) is 66.1 Å². The van der Waals surface area contributed by atoms with Crippen LogP contribution in [0, 0.1) is 5.92 Å². The molecule has 178 valence electrons. The fourth-order valence-electron chi connectivity index (χ4n) is 4.99. The van der Waals surface area contributed by atoms with E-state index in [-0.39, 0.29) is 16.6 Å². The minimum atomic E-state index is -3.77. The number of rotatable bonds is 6. The van der Waals surface area contributed by atoms with Crippen LogP contribution in [0.2, 0.25) is 0 Å². The number of carbonyl (C=O) groups excluding carboxylic acids is 1. The van der Waals surface area contributed by atoms with Crippen LogP contribution in [0.25, 0.3) is 0 Å². The first-order valence-corrected chi connectivity index (χ1v) is 13.2. The van der Waals surface area contributed by atoms with Gasteiger partial charge in [0.25, 0.3) is 5.91 Å². The predicted octanol–water partition coefficient (Wildman–Crippen LogP) is 2.05. The van der Waals surface area contributed by atoms with Gasteiger partial charge in [-0.25, -0.2) is 8.42 Å². The molecule has 0 bridgehead atoms. The maximum absolute atomic E-state index is 13.2. The molecule has 9 heteroatoms. The van der Waals surface area contributed by atoms with Crippen molar-refractivity contribution in [3.63, 3.8) is 0 Å². The topological polar surface area (TPSA) is 79.4 Å². The first-order chi connectivity index (χ1) is 15.5. The van der Waals surface area contributed by atoms with Crippen LogP contribution in [-0.4, -0.2) is 94.6 Å². The van der Waals surface area contributed by atoms with Crippen molar-refractivity contribution in [2.24, 2.45) is 5.92 Å². The van der Waals surface area contributed by atoms with Gasteiger partial charge in [0.05, 0.1) is 20.3 Å². The summed E-state index contributed by atoms with van der Waals surface area (Å²) in [5.74, 6) is 0.925. The van der Waals surface area contributed by atoms with Gasteiger partial charge in [-0.15, -0.1) is 0 Å². The molecular formula is C23H35N3O5S. The van der Waals surface area contributed by atoms with Crippen molar-refractivity contribution >= 4 is 15.9 Å². The van der Waals surface area contributed by atoms with Crippen LogP contribution < -0.4 is 4.74 Å². The molecule has 0 aromatic heterocycles. The molecule has 3 aliphatic rings. The van der Waals surface area contributed by atoms with E-state index in [9.17, 15) is 13.2 Å². The Balaban J connectivity index is 1.43. The number of morpholine rings is 1. The van der Waals surface area contributed by atoms with Crippen LogP contribution >= 0.6 is 0 Å². The fraction of sp³-hybridized carbons (Fsp3) is 0.696. The summed E-state index contributed by atoms with van der Waals surface area (Å²) in [6, 6.07) is 4.72. The van der Waals surface area contributed by atoms with Crippen molar-refractivity contribution in [2.45, 2.75) is 37.0 Å². The number of piperazine rings is 1. The van der Waals surface area contributed by atoms with Crippen LogP contribution in [0.15, 0.2) is 23.1 Å². The molecule has 8 nitrogen and oxygen atoms in total. The van der Waals surface area contributed by atoms with Crippen molar-refractivity contribution in [1.29, 1.82) is 0 Å². The van der Waals surface area contributed by atoms with E-state index in [1.165, 1.54) is 49.6 Å². The summed E-state index contributed by atoms with van der Waals surface area (Å²) in [6.45, 7) is 5.54. The Labute approximate surface area is 191 Å². The molecule has 0 radical (unpaired) electrons. The van der Waals surface area contributed by atoms with Gasteiger partial charge in [0.2, 0.25) is 10.0 Å². The molecule has 2 aliphatic heterocycles. The Morgan fingerprint density at radius 3 is 2.38 bits per heavy atom. The molecule has 0 unspecified atom stereocenters. The van der Waals surface area contributed by atoms with E-state index >= 15 is 0 Å². The number of carbonyl (C=O) groups is 1. The summed E-state index contributed by atoms with van der Waals surface area (Å²) < 4.78 is 38.4. The molecule has 1 aromatic rings. The summed E-state index contributed by atoms with van der Waals surface area (Å²) in [7, 11) is -2.32. The van der Waals surface area contributed by atoms with Gasteiger partial charge in [0, 0.05) is 51.4 Å². The summed E-state index contributed by atoms with van der Waals surface area (Å²) >= 11 is 0. The van der Waals surface area contributed by atoms with E-state index < -0.39 is 10.0 Å². The van der Waals surface area contributed by atoms with Crippen molar-refractivity contribution in [1.82, 2.24) is 14.1 Å². The second-order valence-corrected chi connectivity index (χ2v) is 10.9. The summed E-state index contributed by atoms with van der Waals surface area (Å²) in [5.41, 5.74) is 0.387. The van der Waals surface area contributed by atoms with Crippen LogP contribution in [0.5, 0.6) is 5.75 Å². The van der Waals surface area contributed by atoms with Gasteiger partial charge in [-0.3, -0.25) is 9.69 Å². The summed E-state index contributed by atoms with van der Waals surface area (Å²) in [4.78, 5) is 17.5. The lowest BCUT2D eigenvalue weighted by atomic mass is 9.89. The second kappa shape index (κ2) is 10.5. The van der Waals surface area contributed by atoms with Gasteiger partial charge < -0.3 is 14.4 Å². The highest BCUT2D eigenvalue weighted by Crippen LogP contribution is 2.29. The quantitative estimate of drug-likeness (QED) is 0.640. The van der Waals surface area contributed by atoms with Gasteiger partial charge in [0.15, 0.2) is 0 Å². The number of sulfonamides is 1. The van der Waals surface area contributed by atoms with Gasteiger partial charge in [-0.2, -0.15) is 4.31 Å². The molecule has 0 atom stereocenters. The van der Waals surface area contributed by atoms with Crippen LogP contribution in [0.3, 0.4) is 0 Å². The lowest BCUT2D eigenvalue weighted by Crippen LogP contribution is -2.49. The summed E-state index contributed by atoms with van der Waals surface area (Å²) in [5, 5.41) is 0. The first-order valence-electron chi connectivity index (χ1n) is 11.8. The zero-order valence-corrected chi connectivity index (χ0v) is 19.8. The number of amides is 1. The molecule has 32 heavy (non-hydrogen) atoms. The lowest BCUT2D eigenvalue weighted by molar-refractivity contribution is 0.0605. The SMILES string of the molecule is COc1ccc(C(=O)N2CCN(CC3CCCCC3)CC2)cc1S(=O)(=O)N1CCOCC1. The number of hydrogen-bond donors (Lipinski definition) is 0. The Hall–Kier alpha value is -1.68. The number of methoxy groups -OCH3 is 1. The van der Waals surface area contributed by atoms with Crippen molar-refractivity contribution in [3.05, 3.63) is 23.8 Å². The third-order valence-electron chi connectivity index (χ3n) is 6.90. The molecule has 1 aliphatic carbocycles. The van der Waals surface area contributed by atoms with Crippen LogP contribution in [0.1, 0.15) is 42.5 Å². The Kier molecular flexibility index (Phi) is 7.70. The molecule has 1 aromatic carbocycles. The molecule has 3 fully saturated rings. The molecule has 1 amide bonds. The van der Waals surface area contributed by atoms with Crippen LogP contribution in [0.4, 0.5) is 0 Å². The number of ether oxygens (including phenoxy) is 2. The first kappa shape index (κ1) is 23.5. The molecule has 1 saturated carbocycles. The second-order valence-electron chi connectivity index (χ2n) is 8.98. The molecule has 0 spiro atoms. The predicted molar refractivity (Wildman–Crippen MR) is 121 cm³/mol. The number of hydrogen-bond acceptors (Lipinski definition) is 6. The lowest BCUT2D eigenvalue weighted by Gasteiger charge is -2.37. The monoisotopic (exact) mass is 465 g/mol. The maximum atomic E-state index is 13.2. The van der Waals surface area contributed by atoms with Crippen molar-refractivity contribution < 1.29 is 22.7 Å². The van der Waals surface area contributed by atoms with E-state index in [2.05, 4.69) is 4.90 Å². The van der Waals surface area contributed by atoms with E-state index in [1.807, 2.05) is 4.90 Å². The zero-order chi connectivity index (χ0) is 22.6. The molecular weight excluding hydrogens is 430 g/mol. The normalized spacial score (nSPS) is 22.1. The van der Waals surface area contributed by atoms with Crippen LogP contribution in [-0.2, 0) is 14.8 Å². The highest BCUT2D eigenvalue weighted by molar-refractivity contribution is 7.89. The van der Waals surface area contributed by atoms with Gasteiger partial charge in [-0.1, -0.05) is 19.3 Å². The minimum Gasteiger partial charge on any atom is -0.495 e. The highest BCUT2D eigenvalue weighted by Gasteiger charge is 2.31. The van der Waals surface area contributed by atoms with E-state index in [1.54, 1.807) is 12.1 Å². The molecule has 2 saturated heterocycles. The van der Waals surface area contributed by atoms with Gasteiger partial charge in [-0.05, 0) is 37.0 Å². The highest BCUT2D eigenvalue weighted by atomic mass is 32.2. The van der Waals surface area contributed by atoms with E-state index in [0.29, 0.717) is 45.0 Å². The number of nitrogens with zero attached hydrogens (tertiary/aromatic N) is 3.